The number of pyridine rings is 1. The Morgan fingerprint density at radius 3 is 2.75 bits per heavy atom. The molecule has 5 N–H and O–H groups in total. The molecule has 1 fully saturated rings. The van der Waals surface area contributed by atoms with Crippen molar-refractivity contribution in [2.24, 2.45) is 5.73 Å². The lowest BCUT2D eigenvalue weighted by Gasteiger charge is -2.26. The van der Waals surface area contributed by atoms with Crippen molar-refractivity contribution in [1.29, 1.82) is 0 Å². The summed E-state index contributed by atoms with van der Waals surface area (Å²) in [4.78, 5) is 15.7. The molecular weight excluding hydrogens is 363 g/mol. The number of fused-ring (bicyclic) bond motifs is 1. The average molecular weight is 384 g/mol. The van der Waals surface area contributed by atoms with Gasteiger partial charge in [0.1, 0.15) is 11.6 Å². The standard InChI is InChI=1S/C19H21FN6O2/c20-15-9-6-12(10-14(15)18(21)28)23-19-24-17-3-1-2-16(26(17)25-19)22-11-4-7-13(27)8-5-11/h1-3,6,9-11,13,22,27H,4-5,7-8H2,(H2,21,28)(H,23,25)/t11-,13+. The van der Waals surface area contributed by atoms with Crippen molar-refractivity contribution in [2.75, 3.05) is 10.6 Å². The van der Waals surface area contributed by atoms with Gasteiger partial charge in [0.25, 0.3) is 5.91 Å². The fourth-order valence-corrected chi connectivity index (χ4v) is 3.42. The monoisotopic (exact) mass is 384 g/mol. The van der Waals surface area contributed by atoms with Crippen LogP contribution >= 0.6 is 0 Å². The number of halogens is 1. The van der Waals surface area contributed by atoms with E-state index in [1.165, 1.54) is 18.2 Å². The molecule has 0 atom stereocenters. The third kappa shape index (κ3) is 3.74. The molecule has 9 heteroatoms. The molecule has 3 aromatic rings. The van der Waals surface area contributed by atoms with Crippen LogP contribution in [0.15, 0.2) is 36.4 Å². The second-order valence-electron chi connectivity index (χ2n) is 6.95. The number of anilines is 3. The van der Waals surface area contributed by atoms with Gasteiger partial charge in [0, 0.05) is 11.7 Å². The highest BCUT2D eigenvalue weighted by atomic mass is 19.1. The average Bonchev–Trinajstić information content (AvgIpc) is 3.08. The van der Waals surface area contributed by atoms with Crippen LogP contribution in [0.5, 0.6) is 0 Å². The van der Waals surface area contributed by atoms with Crippen molar-refractivity contribution in [1.82, 2.24) is 14.6 Å². The Bertz CT molecular complexity index is 1010. The maximum atomic E-state index is 13.6. The molecule has 1 aromatic carbocycles. The molecule has 0 unspecified atom stereocenters. The van der Waals surface area contributed by atoms with E-state index in [4.69, 9.17) is 5.73 Å². The third-order valence-corrected chi connectivity index (χ3v) is 4.90. The summed E-state index contributed by atoms with van der Waals surface area (Å²) in [5.41, 5.74) is 6.09. The van der Waals surface area contributed by atoms with Crippen LogP contribution in [0.1, 0.15) is 36.0 Å². The highest BCUT2D eigenvalue weighted by molar-refractivity contribution is 5.94. The summed E-state index contributed by atoms with van der Waals surface area (Å²) in [5.74, 6) is -0.398. The SMILES string of the molecule is NC(=O)c1cc(Nc2nc3cccc(N[C@H]4CC[C@@H](O)CC4)n3n2)ccc1F. The summed E-state index contributed by atoms with van der Waals surface area (Å²) in [6, 6.07) is 9.88. The van der Waals surface area contributed by atoms with Crippen molar-refractivity contribution in [2.45, 2.75) is 37.8 Å². The number of hydrogen-bond donors (Lipinski definition) is 4. The van der Waals surface area contributed by atoms with Gasteiger partial charge in [0.2, 0.25) is 5.95 Å². The van der Waals surface area contributed by atoms with Gasteiger partial charge in [-0.05, 0) is 56.0 Å². The lowest BCUT2D eigenvalue weighted by molar-refractivity contribution is 0.0996. The van der Waals surface area contributed by atoms with Gasteiger partial charge in [0.05, 0.1) is 11.7 Å². The lowest BCUT2D eigenvalue weighted by Crippen LogP contribution is -2.29. The van der Waals surface area contributed by atoms with Crippen LogP contribution in [-0.2, 0) is 0 Å². The normalized spacial score (nSPS) is 19.5. The van der Waals surface area contributed by atoms with Crippen molar-refractivity contribution in [3.05, 3.63) is 47.8 Å². The van der Waals surface area contributed by atoms with Gasteiger partial charge < -0.3 is 21.5 Å². The predicted octanol–water partition coefficient (Wildman–Crippen LogP) is 2.43. The topological polar surface area (TPSA) is 118 Å². The Kier molecular flexibility index (Phi) is 4.82. The number of rotatable bonds is 5. The smallest absolute Gasteiger partial charge is 0.251 e. The first-order valence-electron chi connectivity index (χ1n) is 9.16. The molecule has 2 aromatic heterocycles. The largest absolute Gasteiger partial charge is 0.393 e. The number of aliphatic hydroxyl groups is 1. The first-order chi connectivity index (χ1) is 13.5. The van der Waals surface area contributed by atoms with E-state index < -0.39 is 11.7 Å². The molecule has 146 valence electrons. The van der Waals surface area contributed by atoms with E-state index in [1.54, 1.807) is 4.52 Å². The lowest BCUT2D eigenvalue weighted by atomic mass is 9.93. The number of carbonyl (C=O) groups is 1. The van der Waals surface area contributed by atoms with Gasteiger partial charge >= 0.3 is 0 Å². The van der Waals surface area contributed by atoms with Crippen molar-refractivity contribution in [3.8, 4) is 0 Å². The van der Waals surface area contributed by atoms with E-state index >= 15 is 0 Å². The predicted molar refractivity (Wildman–Crippen MR) is 103 cm³/mol. The van der Waals surface area contributed by atoms with Gasteiger partial charge in [-0.15, -0.1) is 5.10 Å². The Labute approximate surface area is 160 Å². The van der Waals surface area contributed by atoms with Crippen molar-refractivity contribution >= 4 is 29.0 Å². The van der Waals surface area contributed by atoms with E-state index in [0.717, 1.165) is 31.5 Å². The second-order valence-corrected chi connectivity index (χ2v) is 6.95. The minimum Gasteiger partial charge on any atom is -0.393 e. The summed E-state index contributed by atoms with van der Waals surface area (Å²) in [7, 11) is 0. The zero-order valence-corrected chi connectivity index (χ0v) is 15.1. The number of amides is 1. The van der Waals surface area contributed by atoms with Crippen LogP contribution in [0.25, 0.3) is 5.65 Å². The third-order valence-electron chi connectivity index (χ3n) is 4.90. The number of carbonyl (C=O) groups excluding carboxylic acids is 1. The highest BCUT2D eigenvalue weighted by Crippen LogP contribution is 2.24. The van der Waals surface area contributed by atoms with Gasteiger partial charge in [-0.2, -0.15) is 9.50 Å². The van der Waals surface area contributed by atoms with Crippen LogP contribution in [0, 0.1) is 5.82 Å². The molecule has 28 heavy (non-hydrogen) atoms. The van der Waals surface area contributed by atoms with Crippen LogP contribution in [-0.4, -0.2) is 37.8 Å². The summed E-state index contributed by atoms with van der Waals surface area (Å²) >= 11 is 0. The first-order valence-corrected chi connectivity index (χ1v) is 9.16. The molecule has 0 bridgehead atoms. The molecule has 1 aliphatic rings. The fraction of sp³-hybridized carbons (Fsp3) is 0.316. The Hall–Kier alpha value is -3.20. The number of nitrogens with one attached hydrogen (secondary N) is 2. The zero-order chi connectivity index (χ0) is 19.7. The molecule has 1 aliphatic carbocycles. The van der Waals surface area contributed by atoms with Crippen molar-refractivity contribution in [3.63, 3.8) is 0 Å². The minimum absolute atomic E-state index is 0.199. The second kappa shape index (κ2) is 7.43. The molecule has 2 heterocycles. The van der Waals surface area contributed by atoms with E-state index in [0.29, 0.717) is 17.3 Å². The van der Waals surface area contributed by atoms with Crippen LogP contribution in [0.3, 0.4) is 0 Å². The molecule has 8 nitrogen and oxygen atoms in total. The number of nitrogens with two attached hydrogens (primary N) is 1. The first kappa shape index (κ1) is 18.2. The molecule has 1 saturated carbocycles. The van der Waals surface area contributed by atoms with Gasteiger partial charge in [-0.25, -0.2) is 4.39 Å². The molecule has 0 aliphatic heterocycles. The van der Waals surface area contributed by atoms with Gasteiger partial charge in [0.15, 0.2) is 5.65 Å². The summed E-state index contributed by atoms with van der Waals surface area (Å²) < 4.78 is 15.3. The van der Waals surface area contributed by atoms with E-state index in [2.05, 4.69) is 20.7 Å². The summed E-state index contributed by atoms with van der Waals surface area (Å²) in [6.07, 6.45) is 3.14. The Balaban J connectivity index is 1.57. The zero-order valence-electron chi connectivity index (χ0n) is 15.1. The molecule has 1 amide bonds. The Morgan fingerprint density at radius 2 is 2.00 bits per heavy atom. The highest BCUT2D eigenvalue weighted by Gasteiger charge is 2.20. The summed E-state index contributed by atoms with van der Waals surface area (Å²) in [6.45, 7) is 0. The molecule has 0 radical (unpaired) electrons. The number of aliphatic hydroxyl groups excluding tert-OH is 1. The van der Waals surface area contributed by atoms with E-state index in [9.17, 15) is 14.3 Å². The maximum Gasteiger partial charge on any atom is 0.251 e. The minimum atomic E-state index is -0.840. The number of aromatic nitrogens is 3. The van der Waals surface area contributed by atoms with E-state index in [1.807, 2.05) is 18.2 Å². The van der Waals surface area contributed by atoms with Gasteiger partial charge in [-0.3, -0.25) is 4.79 Å². The maximum absolute atomic E-state index is 13.6. The number of benzene rings is 1. The Morgan fingerprint density at radius 1 is 1.21 bits per heavy atom. The van der Waals surface area contributed by atoms with Crippen LogP contribution in [0.4, 0.5) is 21.8 Å². The fourth-order valence-electron chi connectivity index (χ4n) is 3.42. The molecule has 0 spiro atoms. The van der Waals surface area contributed by atoms with Crippen LogP contribution in [0.2, 0.25) is 0 Å². The molecule has 0 saturated heterocycles. The van der Waals surface area contributed by atoms with Gasteiger partial charge in [-0.1, -0.05) is 6.07 Å². The number of hydrogen-bond acceptors (Lipinski definition) is 6. The number of nitrogens with zero attached hydrogens (tertiary/aromatic N) is 3. The van der Waals surface area contributed by atoms with Crippen molar-refractivity contribution < 1.29 is 14.3 Å². The molecule has 4 rings (SSSR count). The number of primary amides is 1. The van der Waals surface area contributed by atoms with E-state index in [-0.39, 0.29) is 17.7 Å². The summed E-state index contributed by atoms with van der Waals surface area (Å²) in [5, 5.41) is 20.6. The van der Waals surface area contributed by atoms with Crippen LogP contribution < -0.4 is 16.4 Å². The molecular formula is C19H21FN6O2. The quantitative estimate of drug-likeness (QED) is 0.537.